The van der Waals surface area contributed by atoms with E-state index in [1.54, 1.807) is 22.7 Å². The van der Waals surface area contributed by atoms with Crippen LogP contribution in [0.4, 0.5) is 0 Å². The minimum Gasteiger partial charge on any atom is -0.324 e. The zero-order valence-corrected chi connectivity index (χ0v) is 14.7. The Bertz CT molecular complexity index is 717. The van der Waals surface area contributed by atoms with Crippen molar-refractivity contribution in [2.75, 3.05) is 0 Å². The maximum atomic E-state index is 6.35. The van der Waals surface area contributed by atoms with Gasteiger partial charge in [-0.25, -0.2) is 0 Å². The Kier molecular flexibility index (Phi) is 4.10. The molecule has 2 N–H and O–H groups in total. The first kappa shape index (κ1) is 13.8. The highest BCUT2D eigenvalue weighted by atomic mass is 79.9. The molecule has 2 heterocycles. The second kappa shape index (κ2) is 5.66. The average Bonchev–Trinajstić information content (AvgIpc) is 2.94. The van der Waals surface area contributed by atoms with Crippen molar-refractivity contribution in [3.63, 3.8) is 0 Å². The molecule has 0 amide bonds. The zero-order valence-electron chi connectivity index (χ0n) is 9.90. The van der Waals surface area contributed by atoms with Gasteiger partial charge in [0.15, 0.2) is 0 Å². The first-order valence-electron chi connectivity index (χ1n) is 5.80. The van der Waals surface area contributed by atoms with Crippen molar-refractivity contribution in [3.8, 4) is 0 Å². The maximum absolute atomic E-state index is 6.35. The number of rotatable bonds is 3. The molecule has 3 aromatic rings. The Labute approximate surface area is 136 Å². The maximum Gasteiger partial charge on any atom is 0.0758 e. The minimum atomic E-state index is 0.0231. The van der Waals surface area contributed by atoms with Gasteiger partial charge in [0.1, 0.15) is 0 Å². The van der Waals surface area contributed by atoms with Crippen LogP contribution in [0.25, 0.3) is 10.1 Å². The largest absolute Gasteiger partial charge is 0.324 e. The molecule has 0 spiro atoms. The molecule has 1 nitrogen and oxygen atoms in total. The predicted molar refractivity (Wildman–Crippen MR) is 92.2 cm³/mol. The van der Waals surface area contributed by atoms with Gasteiger partial charge in [-0.05, 0) is 72.3 Å². The van der Waals surface area contributed by atoms with Gasteiger partial charge in [-0.1, -0.05) is 18.2 Å². The molecule has 0 saturated heterocycles. The molecule has 0 bridgehead atoms. The summed E-state index contributed by atoms with van der Waals surface area (Å²) in [6.07, 6.45) is 0.867. The highest BCUT2D eigenvalue weighted by Crippen LogP contribution is 2.37. The zero-order chi connectivity index (χ0) is 13.4. The predicted octanol–water partition coefficient (Wildman–Crippen LogP) is 5.73. The van der Waals surface area contributed by atoms with Crippen LogP contribution in [-0.4, -0.2) is 0 Å². The van der Waals surface area contributed by atoms with E-state index >= 15 is 0 Å². The molecule has 0 aliphatic rings. The Morgan fingerprint density at radius 1 is 1.21 bits per heavy atom. The second-order valence-electron chi connectivity index (χ2n) is 4.35. The summed E-state index contributed by atoms with van der Waals surface area (Å²) in [5.74, 6) is 0. The van der Waals surface area contributed by atoms with Crippen LogP contribution >= 0.6 is 54.5 Å². The third-order valence-electron chi connectivity index (χ3n) is 3.08. The lowest BCUT2D eigenvalue weighted by Crippen LogP contribution is -2.12. The summed E-state index contributed by atoms with van der Waals surface area (Å²) in [5.41, 5.74) is 8.86. The molecule has 3 rings (SSSR count). The summed E-state index contributed by atoms with van der Waals surface area (Å²) in [7, 11) is 0. The number of halogens is 2. The standard InChI is InChI=1S/C14H11Br2NS2/c15-13-6-10(14(16)19-13)11(17)5-8-7-18-12-4-2-1-3-9(8)12/h1-4,6-7,11H,5,17H2. The Balaban J connectivity index is 1.91. The fourth-order valence-electron chi connectivity index (χ4n) is 2.14. The minimum absolute atomic E-state index is 0.0231. The molecule has 19 heavy (non-hydrogen) atoms. The van der Waals surface area contributed by atoms with Gasteiger partial charge in [0.25, 0.3) is 0 Å². The quantitative estimate of drug-likeness (QED) is 0.579. The average molecular weight is 417 g/mol. The van der Waals surface area contributed by atoms with Crippen LogP contribution in [0, 0.1) is 0 Å². The van der Waals surface area contributed by atoms with Crippen LogP contribution in [0.3, 0.4) is 0 Å². The van der Waals surface area contributed by atoms with E-state index in [9.17, 15) is 0 Å². The van der Waals surface area contributed by atoms with E-state index in [-0.39, 0.29) is 6.04 Å². The Hall–Kier alpha value is -0.200. The Morgan fingerprint density at radius 2 is 2.00 bits per heavy atom. The van der Waals surface area contributed by atoms with Gasteiger partial charge < -0.3 is 5.73 Å². The first-order chi connectivity index (χ1) is 9.15. The van der Waals surface area contributed by atoms with E-state index in [0.717, 1.165) is 14.0 Å². The first-order valence-corrected chi connectivity index (χ1v) is 9.09. The van der Waals surface area contributed by atoms with Crippen LogP contribution in [0.1, 0.15) is 17.2 Å². The molecule has 5 heteroatoms. The van der Waals surface area contributed by atoms with Gasteiger partial charge >= 0.3 is 0 Å². The van der Waals surface area contributed by atoms with Gasteiger partial charge in [-0.2, -0.15) is 0 Å². The van der Waals surface area contributed by atoms with Crippen molar-refractivity contribution in [2.45, 2.75) is 12.5 Å². The van der Waals surface area contributed by atoms with Gasteiger partial charge in [0.05, 0.1) is 7.57 Å². The van der Waals surface area contributed by atoms with Crippen LogP contribution in [0.2, 0.25) is 0 Å². The van der Waals surface area contributed by atoms with Gasteiger partial charge in [0, 0.05) is 10.7 Å². The molecule has 0 saturated carbocycles. The van der Waals surface area contributed by atoms with Crippen molar-refractivity contribution in [1.82, 2.24) is 0 Å². The van der Waals surface area contributed by atoms with E-state index in [1.807, 2.05) is 0 Å². The summed E-state index contributed by atoms with van der Waals surface area (Å²) in [6.45, 7) is 0. The lowest BCUT2D eigenvalue weighted by Gasteiger charge is -2.10. The summed E-state index contributed by atoms with van der Waals surface area (Å²) < 4.78 is 3.56. The molecule has 0 radical (unpaired) electrons. The molecule has 2 aromatic heterocycles. The van der Waals surface area contributed by atoms with Crippen molar-refractivity contribution in [1.29, 1.82) is 0 Å². The molecular weight excluding hydrogens is 406 g/mol. The number of fused-ring (bicyclic) bond motifs is 1. The summed E-state index contributed by atoms with van der Waals surface area (Å²) >= 11 is 10.5. The smallest absolute Gasteiger partial charge is 0.0758 e. The highest BCUT2D eigenvalue weighted by molar-refractivity contribution is 9.12. The lowest BCUT2D eigenvalue weighted by molar-refractivity contribution is 0.727. The number of hydrogen-bond donors (Lipinski definition) is 1. The molecule has 1 unspecified atom stereocenters. The topological polar surface area (TPSA) is 26.0 Å². The molecule has 0 aliphatic heterocycles. The van der Waals surface area contributed by atoms with E-state index in [0.29, 0.717) is 0 Å². The van der Waals surface area contributed by atoms with E-state index in [4.69, 9.17) is 5.73 Å². The third-order valence-corrected chi connectivity index (χ3v) is 6.48. The van der Waals surface area contributed by atoms with Crippen LogP contribution in [0.15, 0.2) is 43.3 Å². The summed E-state index contributed by atoms with van der Waals surface area (Å²) in [4.78, 5) is 0. The normalized spacial score (nSPS) is 13.0. The number of thiophene rings is 2. The number of nitrogens with two attached hydrogens (primary N) is 1. The van der Waals surface area contributed by atoms with Crippen molar-refractivity contribution < 1.29 is 0 Å². The highest BCUT2D eigenvalue weighted by Gasteiger charge is 2.15. The van der Waals surface area contributed by atoms with E-state index < -0.39 is 0 Å². The number of benzene rings is 1. The van der Waals surface area contributed by atoms with Gasteiger partial charge in [0.2, 0.25) is 0 Å². The van der Waals surface area contributed by atoms with Crippen molar-refractivity contribution in [3.05, 3.63) is 54.4 Å². The van der Waals surface area contributed by atoms with E-state index in [1.165, 1.54) is 21.2 Å². The SMILES string of the molecule is NC(Cc1csc2ccccc12)c1cc(Br)sc1Br. The third kappa shape index (κ3) is 2.81. The fraction of sp³-hybridized carbons (Fsp3) is 0.143. The van der Waals surface area contributed by atoms with Crippen LogP contribution in [-0.2, 0) is 6.42 Å². The molecule has 1 atom stereocenters. The fourth-order valence-corrected chi connectivity index (χ4v) is 6.12. The van der Waals surface area contributed by atoms with Gasteiger partial charge in [-0.3, -0.25) is 0 Å². The summed E-state index contributed by atoms with van der Waals surface area (Å²) in [6, 6.07) is 10.6. The molecular formula is C14H11Br2NS2. The second-order valence-corrected chi connectivity index (χ2v) is 9.01. The lowest BCUT2D eigenvalue weighted by atomic mass is 10.0. The van der Waals surface area contributed by atoms with E-state index in [2.05, 4.69) is 67.6 Å². The number of hydrogen-bond acceptors (Lipinski definition) is 3. The van der Waals surface area contributed by atoms with Crippen molar-refractivity contribution in [2.24, 2.45) is 5.73 Å². The van der Waals surface area contributed by atoms with Crippen molar-refractivity contribution >= 4 is 64.6 Å². The Morgan fingerprint density at radius 3 is 2.74 bits per heavy atom. The molecule has 0 fully saturated rings. The molecule has 98 valence electrons. The summed E-state index contributed by atoms with van der Waals surface area (Å²) in [5, 5.41) is 3.55. The monoisotopic (exact) mass is 415 g/mol. The molecule has 1 aromatic carbocycles. The van der Waals surface area contributed by atoms with Gasteiger partial charge in [-0.15, -0.1) is 22.7 Å². The van der Waals surface area contributed by atoms with Crippen LogP contribution < -0.4 is 5.73 Å². The molecule has 0 aliphatic carbocycles. The van der Waals surface area contributed by atoms with Crippen LogP contribution in [0.5, 0.6) is 0 Å².